The van der Waals surface area contributed by atoms with Gasteiger partial charge in [-0.05, 0) is 0 Å². The van der Waals surface area contributed by atoms with Crippen molar-refractivity contribution in [1.82, 2.24) is 20.4 Å². The zero-order valence-electron chi connectivity index (χ0n) is 10.1. The van der Waals surface area contributed by atoms with Gasteiger partial charge in [0, 0.05) is 0 Å². The molecule has 2 atom stereocenters. The summed E-state index contributed by atoms with van der Waals surface area (Å²) in [4.78, 5) is 68.4. The first kappa shape index (κ1) is 14.2. The molecule has 2 fully saturated rings. The largest absolute Gasteiger partial charge is 0.479 e. The van der Waals surface area contributed by atoms with Crippen LogP contribution in [0.3, 0.4) is 0 Å². The molecule has 21 heavy (non-hydrogen) atoms. The molecule has 112 valence electrons. The van der Waals surface area contributed by atoms with E-state index in [1.165, 1.54) is 0 Å². The minimum absolute atomic E-state index is 0.443. The summed E-state index contributed by atoms with van der Waals surface area (Å²) in [5.74, 6) is -5.55. The van der Waals surface area contributed by atoms with Crippen molar-refractivity contribution in [2.75, 3.05) is 6.67 Å². The Bertz CT molecular complexity index is 536. The molecule has 6 amide bonds. The van der Waals surface area contributed by atoms with Crippen LogP contribution in [0, 0.1) is 0 Å². The molecule has 0 saturated carbocycles. The van der Waals surface area contributed by atoms with E-state index in [1.54, 1.807) is 10.6 Å². The van der Waals surface area contributed by atoms with E-state index in [0.29, 0.717) is 9.80 Å². The van der Waals surface area contributed by atoms with Gasteiger partial charge in [-0.3, -0.25) is 30.0 Å². The minimum atomic E-state index is -1.91. The molecule has 0 spiro atoms. The number of amides is 6. The van der Waals surface area contributed by atoms with Crippen LogP contribution in [0.15, 0.2) is 0 Å². The van der Waals surface area contributed by atoms with Gasteiger partial charge in [-0.2, -0.15) is 0 Å². The number of hydrogen-bond acceptors (Lipinski definition) is 6. The van der Waals surface area contributed by atoms with Crippen LogP contribution in [-0.4, -0.2) is 74.6 Å². The second-order valence-corrected chi connectivity index (χ2v) is 4.15. The average Bonchev–Trinajstić information content (AvgIpc) is 2.77. The number of carboxylic acid groups (broad SMARTS) is 2. The lowest BCUT2D eigenvalue weighted by Gasteiger charge is -2.26. The molecule has 4 N–H and O–H groups in total. The number of carbonyl (C=O) groups is 6. The Morgan fingerprint density at radius 3 is 1.48 bits per heavy atom. The highest BCUT2D eigenvalue weighted by atomic mass is 16.4. The lowest BCUT2D eigenvalue weighted by atomic mass is 10.2. The smallest absolute Gasteiger partial charge is 0.336 e. The minimum Gasteiger partial charge on any atom is -0.479 e. The standard InChI is InChI=1S/C9H8N4O8/c14-4-2(6(16)17)12(8(20)10-4)1-13-3(7(18)19)5(15)11-9(13)21/h2-3H,1H2,(H,16,17)(H,18,19)(H,10,14,20)(H,11,15,21). The summed E-state index contributed by atoms with van der Waals surface area (Å²) < 4.78 is 0. The lowest BCUT2D eigenvalue weighted by molar-refractivity contribution is -0.146. The molecule has 0 aliphatic carbocycles. The second-order valence-electron chi connectivity index (χ2n) is 4.15. The van der Waals surface area contributed by atoms with Gasteiger partial charge in [-0.25, -0.2) is 19.2 Å². The molecule has 0 bridgehead atoms. The lowest BCUT2D eigenvalue weighted by Crippen LogP contribution is -2.52. The van der Waals surface area contributed by atoms with Crippen molar-refractivity contribution >= 4 is 35.8 Å². The summed E-state index contributed by atoms with van der Waals surface area (Å²) in [6.45, 7) is -0.844. The van der Waals surface area contributed by atoms with Gasteiger partial charge in [-0.1, -0.05) is 0 Å². The Balaban J connectivity index is 2.27. The predicted molar refractivity (Wildman–Crippen MR) is 58.5 cm³/mol. The van der Waals surface area contributed by atoms with Gasteiger partial charge >= 0.3 is 24.0 Å². The van der Waals surface area contributed by atoms with Gasteiger partial charge < -0.3 is 10.2 Å². The predicted octanol–water partition coefficient (Wildman–Crippen LogP) is -3.05. The summed E-state index contributed by atoms with van der Waals surface area (Å²) in [7, 11) is 0. The monoisotopic (exact) mass is 300 g/mol. The second kappa shape index (κ2) is 4.73. The molecular weight excluding hydrogens is 292 g/mol. The molecule has 2 unspecified atom stereocenters. The first-order chi connectivity index (χ1) is 9.73. The third kappa shape index (κ3) is 2.22. The summed E-state index contributed by atoms with van der Waals surface area (Å²) in [6, 6.07) is -6.03. The maximum atomic E-state index is 11.5. The number of urea groups is 2. The highest BCUT2D eigenvalue weighted by Crippen LogP contribution is 2.15. The van der Waals surface area contributed by atoms with Crippen molar-refractivity contribution < 1.29 is 39.0 Å². The third-order valence-corrected chi connectivity index (χ3v) is 2.87. The Kier molecular flexibility index (Phi) is 3.21. The van der Waals surface area contributed by atoms with Crippen molar-refractivity contribution in [3.8, 4) is 0 Å². The number of hydrogen-bond donors (Lipinski definition) is 4. The molecule has 0 radical (unpaired) electrons. The van der Waals surface area contributed by atoms with Crippen molar-refractivity contribution in [3.05, 3.63) is 0 Å². The van der Waals surface area contributed by atoms with E-state index in [2.05, 4.69) is 0 Å². The van der Waals surface area contributed by atoms with Gasteiger partial charge in [0.25, 0.3) is 11.8 Å². The maximum absolute atomic E-state index is 11.5. The van der Waals surface area contributed by atoms with Crippen LogP contribution in [0.4, 0.5) is 9.59 Å². The average molecular weight is 300 g/mol. The first-order valence-electron chi connectivity index (χ1n) is 5.42. The Labute approximate surface area is 115 Å². The van der Waals surface area contributed by atoms with Gasteiger partial charge in [0.1, 0.15) is 6.67 Å². The zero-order valence-corrected chi connectivity index (χ0v) is 10.1. The number of carbonyl (C=O) groups excluding carboxylic acids is 4. The fraction of sp³-hybridized carbons (Fsp3) is 0.333. The first-order valence-corrected chi connectivity index (χ1v) is 5.42. The van der Waals surface area contributed by atoms with E-state index in [4.69, 9.17) is 10.2 Å². The Morgan fingerprint density at radius 1 is 0.857 bits per heavy atom. The van der Waals surface area contributed by atoms with Crippen LogP contribution in [-0.2, 0) is 19.2 Å². The molecular formula is C9H8N4O8. The molecule has 12 nitrogen and oxygen atoms in total. The number of aliphatic carboxylic acids is 2. The Hall–Kier alpha value is -3.18. The van der Waals surface area contributed by atoms with E-state index in [-0.39, 0.29) is 0 Å². The number of rotatable bonds is 4. The highest BCUT2D eigenvalue weighted by Gasteiger charge is 2.49. The molecule has 2 saturated heterocycles. The Morgan fingerprint density at radius 2 is 1.19 bits per heavy atom. The van der Waals surface area contributed by atoms with Gasteiger partial charge in [0.2, 0.25) is 12.1 Å². The molecule has 0 aromatic heterocycles. The molecule has 2 aliphatic heterocycles. The van der Waals surface area contributed by atoms with Crippen LogP contribution >= 0.6 is 0 Å². The molecule has 12 heteroatoms. The van der Waals surface area contributed by atoms with Crippen molar-refractivity contribution in [2.24, 2.45) is 0 Å². The van der Waals surface area contributed by atoms with Crippen LogP contribution in [0.5, 0.6) is 0 Å². The maximum Gasteiger partial charge on any atom is 0.336 e. The van der Waals surface area contributed by atoms with Crippen molar-refractivity contribution in [2.45, 2.75) is 12.1 Å². The number of nitrogens with one attached hydrogen (secondary N) is 2. The van der Waals surface area contributed by atoms with E-state index >= 15 is 0 Å². The molecule has 2 aliphatic rings. The van der Waals surface area contributed by atoms with Crippen LogP contribution in [0.1, 0.15) is 0 Å². The molecule has 2 heterocycles. The van der Waals surface area contributed by atoms with E-state index < -0.39 is 54.6 Å². The number of nitrogens with zero attached hydrogens (tertiary/aromatic N) is 2. The molecule has 0 aromatic carbocycles. The normalized spacial score (nSPS) is 25.1. The van der Waals surface area contributed by atoms with E-state index in [1.807, 2.05) is 0 Å². The van der Waals surface area contributed by atoms with E-state index in [9.17, 15) is 28.8 Å². The third-order valence-electron chi connectivity index (χ3n) is 2.87. The van der Waals surface area contributed by atoms with Gasteiger partial charge in [-0.15, -0.1) is 0 Å². The summed E-state index contributed by atoms with van der Waals surface area (Å²) in [5, 5.41) is 21.2. The quantitative estimate of drug-likeness (QED) is 0.313. The summed E-state index contributed by atoms with van der Waals surface area (Å²) in [5.41, 5.74) is 0. The van der Waals surface area contributed by atoms with Gasteiger partial charge in [0.05, 0.1) is 0 Å². The van der Waals surface area contributed by atoms with Crippen molar-refractivity contribution in [1.29, 1.82) is 0 Å². The topological polar surface area (TPSA) is 173 Å². The summed E-state index contributed by atoms with van der Waals surface area (Å²) >= 11 is 0. The number of carboxylic acids is 2. The SMILES string of the molecule is O=C(O)C1C(=O)NC(=O)N1CN1C(=O)NC(=O)C1C(=O)O. The molecule has 2 rings (SSSR count). The van der Waals surface area contributed by atoms with Crippen LogP contribution in [0.25, 0.3) is 0 Å². The highest BCUT2D eigenvalue weighted by molar-refractivity contribution is 6.16. The van der Waals surface area contributed by atoms with E-state index in [0.717, 1.165) is 0 Å². The van der Waals surface area contributed by atoms with Crippen LogP contribution < -0.4 is 10.6 Å². The fourth-order valence-corrected chi connectivity index (χ4v) is 1.96. The van der Waals surface area contributed by atoms with Gasteiger partial charge in [0.15, 0.2) is 0 Å². The fourth-order valence-electron chi connectivity index (χ4n) is 1.96. The van der Waals surface area contributed by atoms with Crippen LogP contribution in [0.2, 0.25) is 0 Å². The zero-order chi connectivity index (χ0) is 15.9. The summed E-state index contributed by atoms with van der Waals surface area (Å²) in [6.07, 6.45) is 0. The van der Waals surface area contributed by atoms with Crippen molar-refractivity contribution in [3.63, 3.8) is 0 Å². The molecule has 0 aromatic rings. The number of imide groups is 2.